The summed E-state index contributed by atoms with van der Waals surface area (Å²) in [5.74, 6) is -0.537. The molecule has 0 N–H and O–H groups in total. The Kier molecular flexibility index (Phi) is 10.3. The second-order valence-electron chi connectivity index (χ2n) is 8.05. The molecule has 0 saturated carbocycles. The van der Waals surface area contributed by atoms with Gasteiger partial charge in [0.15, 0.2) is 11.2 Å². The lowest BCUT2D eigenvalue weighted by Crippen LogP contribution is -2.41. The Bertz CT molecular complexity index is 1010. The van der Waals surface area contributed by atoms with Gasteiger partial charge in [0.05, 0.1) is 10.0 Å². The lowest BCUT2D eigenvalue weighted by molar-refractivity contribution is -0.134. The zero-order valence-corrected chi connectivity index (χ0v) is 22.8. The highest BCUT2D eigenvalue weighted by atomic mass is 35.5. The molecule has 0 aliphatic rings. The molecule has 0 heterocycles. The van der Waals surface area contributed by atoms with Crippen molar-refractivity contribution in [3.8, 4) is 11.5 Å². The average molecular weight is 572 g/mol. The van der Waals surface area contributed by atoms with E-state index in [0.29, 0.717) is 10.0 Å². The Balaban J connectivity index is 1.85. The minimum Gasteiger partial charge on any atom is -0.478 e. The number of halogens is 4. The molecule has 2 rings (SSSR count). The molecule has 2 aromatic rings. The summed E-state index contributed by atoms with van der Waals surface area (Å²) < 4.78 is 33.4. The van der Waals surface area contributed by atoms with Gasteiger partial charge < -0.3 is 18.5 Å². The van der Waals surface area contributed by atoms with Crippen LogP contribution in [0.3, 0.4) is 0 Å². The van der Waals surface area contributed by atoms with Gasteiger partial charge in [-0.05, 0) is 64.1 Å². The van der Waals surface area contributed by atoms with Crippen LogP contribution >= 0.6 is 54.7 Å². The van der Waals surface area contributed by atoms with Gasteiger partial charge in [0.25, 0.3) is 0 Å². The molecule has 0 atom stereocenters. The molecule has 0 aromatic heterocycles. The molecule has 0 amide bonds. The minimum absolute atomic E-state index is 0.231. The Hall–Kier alpha value is -1.31. The predicted molar refractivity (Wildman–Crippen MR) is 133 cm³/mol. The summed E-state index contributed by atoms with van der Waals surface area (Å²) in [6.45, 7) is 4.90. The van der Waals surface area contributed by atoms with Crippen molar-refractivity contribution < 1.29 is 32.7 Å². The average Bonchev–Trinajstić information content (AvgIpc) is 2.74. The van der Waals surface area contributed by atoms with Gasteiger partial charge in [-0.1, -0.05) is 46.4 Å². The summed E-state index contributed by atoms with van der Waals surface area (Å²) in [6, 6.07) is 9.14. The quantitative estimate of drug-likeness (QED) is 0.257. The molecule has 2 aromatic carbocycles. The molecular weight excluding hydrogens is 549 g/mol. The van der Waals surface area contributed by atoms with E-state index >= 15 is 0 Å². The molecule has 34 heavy (non-hydrogen) atoms. The van der Waals surface area contributed by atoms with Crippen molar-refractivity contribution in [1.82, 2.24) is 0 Å². The fourth-order valence-corrected chi connectivity index (χ4v) is 3.89. The van der Waals surface area contributed by atoms with Crippen LogP contribution < -0.4 is 9.47 Å². The van der Waals surface area contributed by atoms with Crippen LogP contribution in [0.2, 0.25) is 20.1 Å². The van der Waals surface area contributed by atoms with Gasteiger partial charge in [0, 0.05) is 10.0 Å². The van der Waals surface area contributed by atoms with Crippen LogP contribution in [-0.2, 0) is 23.2 Å². The van der Waals surface area contributed by atoms with Crippen LogP contribution in [0.4, 0.5) is 0 Å². The second-order valence-corrected chi connectivity index (χ2v) is 10.8. The summed E-state index contributed by atoms with van der Waals surface area (Å²) >= 11 is 23.8. The van der Waals surface area contributed by atoms with Gasteiger partial charge in [0.1, 0.15) is 24.7 Å². The molecule has 0 aliphatic heterocycles. The molecule has 0 unspecified atom stereocenters. The Morgan fingerprint density at radius 1 is 0.735 bits per heavy atom. The molecule has 186 valence electrons. The molecule has 0 bridgehead atoms. The standard InChI is InChI=1S/C22H23Cl4O7P/c1-21(2,32-17-7-5-13(23)9-15(17)25)19(27)11-30-34(29)31-12-20(28)22(3,4)33-18-8-6-14(24)10-16(18)26/h5-10,34H,11-12H2,1-4H3. The number of carbonyl (C=O) groups excluding carboxylic acids is 2. The minimum atomic E-state index is -3.16. The normalized spacial score (nSPS) is 12.0. The van der Waals surface area contributed by atoms with Crippen molar-refractivity contribution in [3.05, 3.63) is 56.5 Å². The Labute approximate surface area is 218 Å². The number of carbonyl (C=O) groups is 2. The van der Waals surface area contributed by atoms with Crippen LogP contribution in [0.1, 0.15) is 27.7 Å². The first-order chi connectivity index (χ1) is 15.7. The van der Waals surface area contributed by atoms with Crippen LogP contribution in [0.5, 0.6) is 11.5 Å². The molecule has 0 radical (unpaired) electrons. The van der Waals surface area contributed by atoms with Crippen molar-refractivity contribution in [2.24, 2.45) is 0 Å². The first-order valence-electron chi connectivity index (χ1n) is 9.85. The Morgan fingerprint density at radius 2 is 1.09 bits per heavy atom. The van der Waals surface area contributed by atoms with Crippen molar-refractivity contribution in [2.75, 3.05) is 13.2 Å². The van der Waals surface area contributed by atoms with Gasteiger partial charge in [0.2, 0.25) is 11.6 Å². The van der Waals surface area contributed by atoms with Crippen molar-refractivity contribution in [3.63, 3.8) is 0 Å². The van der Waals surface area contributed by atoms with Crippen LogP contribution in [0, 0.1) is 0 Å². The third kappa shape index (κ3) is 8.42. The molecule has 0 spiro atoms. The van der Waals surface area contributed by atoms with E-state index in [2.05, 4.69) is 0 Å². The number of ether oxygens (including phenoxy) is 2. The zero-order chi connectivity index (χ0) is 25.7. The lowest BCUT2D eigenvalue weighted by Gasteiger charge is -2.26. The van der Waals surface area contributed by atoms with Gasteiger partial charge in [-0.25, -0.2) is 0 Å². The SMILES string of the molecule is CC(C)(Oc1ccc(Cl)cc1Cl)C(=O)CO[PH](=O)OCC(=O)C(C)(C)Oc1ccc(Cl)cc1Cl. The fraction of sp³-hybridized carbons (Fsp3) is 0.364. The molecule has 0 saturated heterocycles. The zero-order valence-electron chi connectivity index (χ0n) is 18.7. The number of ketones is 2. The molecule has 7 nitrogen and oxygen atoms in total. The number of hydrogen-bond donors (Lipinski definition) is 0. The molecule has 0 fully saturated rings. The van der Waals surface area contributed by atoms with E-state index in [1.807, 2.05) is 0 Å². The van der Waals surface area contributed by atoms with Crippen molar-refractivity contribution >= 4 is 66.2 Å². The van der Waals surface area contributed by atoms with Crippen LogP contribution in [0.15, 0.2) is 36.4 Å². The van der Waals surface area contributed by atoms with Crippen LogP contribution in [-0.4, -0.2) is 36.0 Å². The number of hydrogen-bond acceptors (Lipinski definition) is 7. The summed E-state index contributed by atoms with van der Waals surface area (Å²) in [6.07, 6.45) is 0. The predicted octanol–water partition coefficient (Wildman–Crippen LogP) is 6.88. The van der Waals surface area contributed by atoms with Gasteiger partial charge in [-0.3, -0.25) is 14.2 Å². The van der Waals surface area contributed by atoms with E-state index < -0.39 is 44.2 Å². The van der Waals surface area contributed by atoms with Gasteiger partial charge >= 0.3 is 8.25 Å². The summed E-state index contributed by atoms with van der Waals surface area (Å²) in [5, 5.41) is 1.30. The smallest absolute Gasteiger partial charge is 0.319 e. The van der Waals surface area contributed by atoms with Crippen molar-refractivity contribution in [1.29, 1.82) is 0 Å². The summed E-state index contributed by atoms with van der Waals surface area (Å²) in [5.41, 5.74) is -2.69. The van der Waals surface area contributed by atoms with E-state index in [4.69, 9.17) is 64.9 Å². The van der Waals surface area contributed by atoms with E-state index in [-0.39, 0.29) is 21.5 Å². The van der Waals surface area contributed by atoms with Gasteiger partial charge in [-0.15, -0.1) is 0 Å². The number of benzene rings is 2. The van der Waals surface area contributed by atoms with Crippen LogP contribution in [0.25, 0.3) is 0 Å². The second kappa shape index (κ2) is 12.1. The Morgan fingerprint density at radius 3 is 1.41 bits per heavy atom. The third-order valence-electron chi connectivity index (χ3n) is 4.50. The maximum Gasteiger partial charge on any atom is 0.319 e. The summed E-state index contributed by atoms with van der Waals surface area (Å²) in [7, 11) is -3.16. The summed E-state index contributed by atoms with van der Waals surface area (Å²) in [4.78, 5) is 25.0. The highest BCUT2D eigenvalue weighted by Crippen LogP contribution is 2.33. The lowest BCUT2D eigenvalue weighted by atomic mass is 10.0. The third-order valence-corrected chi connectivity index (χ3v) is 6.32. The van der Waals surface area contributed by atoms with E-state index in [9.17, 15) is 14.2 Å². The van der Waals surface area contributed by atoms with Gasteiger partial charge in [-0.2, -0.15) is 0 Å². The van der Waals surface area contributed by atoms with E-state index in [0.717, 1.165) is 0 Å². The first kappa shape index (κ1) is 28.9. The molecule has 12 heteroatoms. The highest BCUT2D eigenvalue weighted by Gasteiger charge is 2.33. The highest BCUT2D eigenvalue weighted by molar-refractivity contribution is 7.33. The topological polar surface area (TPSA) is 88.1 Å². The fourth-order valence-electron chi connectivity index (χ4n) is 2.42. The first-order valence-corrected chi connectivity index (χ1v) is 12.6. The maximum atomic E-state index is 12.5. The number of Topliss-reactive ketones (excluding diaryl/α,β-unsaturated/α-hetero) is 2. The largest absolute Gasteiger partial charge is 0.478 e. The van der Waals surface area contributed by atoms with Crippen molar-refractivity contribution in [2.45, 2.75) is 38.9 Å². The monoisotopic (exact) mass is 570 g/mol. The van der Waals surface area contributed by atoms with E-state index in [1.165, 1.54) is 52.0 Å². The molecular formula is C22H23Cl4O7P. The maximum absolute atomic E-state index is 12.5. The number of rotatable bonds is 12. The molecule has 0 aliphatic carbocycles. The van der Waals surface area contributed by atoms with E-state index in [1.54, 1.807) is 12.1 Å².